The SMILES string of the molecule is C[C@H](CNCC(F)(F)F)NC(=O)c1ccc(/C(F)=C/C(c2cc(Cl)c(Cl)c(Cl)c2)C(F)(F)F)cc1Cl. The van der Waals surface area contributed by atoms with E-state index < -0.39 is 48.2 Å². The van der Waals surface area contributed by atoms with Crippen LogP contribution in [-0.4, -0.2) is 37.4 Å². The smallest absolute Gasteiger partial charge is 0.348 e. The predicted molar refractivity (Wildman–Crippen MR) is 127 cm³/mol. The van der Waals surface area contributed by atoms with E-state index in [1.807, 2.05) is 0 Å². The predicted octanol–water partition coefficient (Wildman–Crippen LogP) is 8.23. The number of carbonyl (C=O) groups is 1. The molecule has 0 aromatic heterocycles. The van der Waals surface area contributed by atoms with Crippen molar-refractivity contribution in [2.24, 2.45) is 0 Å². The van der Waals surface area contributed by atoms with Gasteiger partial charge in [0.15, 0.2) is 0 Å². The lowest BCUT2D eigenvalue weighted by atomic mass is 9.96. The lowest BCUT2D eigenvalue weighted by Crippen LogP contribution is -2.42. The van der Waals surface area contributed by atoms with Gasteiger partial charge in [0.05, 0.1) is 32.2 Å². The summed E-state index contributed by atoms with van der Waals surface area (Å²) in [6.07, 6.45) is -9.04. The van der Waals surface area contributed by atoms with Crippen LogP contribution in [0.5, 0.6) is 0 Å². The number of nitrogens with one attached hydrogen (secondary N) is 2. The summed E-state index contributed by atoms with van der Waals surface area (Å²) in [4.78, 5) is 12.4. The molecule has 14 heteroatoms. The Hall–Kier alpha value is -1.72. The van der Waals surface area contributed by atoms with Crippen LogP contribution in [0.3, 0.4) is 0 Å². The van der Waals surface area contributed by atoms with Crippen molar-refractivity contribution in [1.29, 1.82) is 0 Å². The minimum Gasteiger partial charge on any atom is -0.348 e. The van der Waals surface area contributed by atoms with Crippen LogP contribution >= 0.6 is 46.4 Å². The fourth-order valence-electron chi connectivity index (χ4n) is 3.01. The largest absolute Gasteiger partial charge is 0.401 e. The Kier molecular flexibility index (Phi) is 10.4. The van der Waals surface area contributed by atoms with Gasteiger partial charge in [-0.2, -0.15) is 26.3 Å². The van der Waals surface area contributed by atoms with E-state index in [9.17, 15) is 35.5 Å². The molecule has 1 amide bonds. The quantitative estimate of drug-likeness (QED) is 0.237. The van der Waals surface area contributed by atoms with Gasteiger partial charge in [0.1, 0.15) is 11.7 Å². The lowest BCUT2D eigenvalue weighted by molar-refractivity contribution is -0.139. The van der Waals surface area contributed by atoms with Crippen LogP contribution in [0.1, 0.15) is 34.3 Å². The summed E-state index contributed by atoms with van der Waals surface area (Å²) in [7, 11) is 0. The van der Waals surface area contributed by atoms with Gasteiger partial charge in [0.2, 0.25) is 0 Å². The summed E-state index contributed by atoms with van der Waals surface area (Å²) in [5.74, 6) is -4.49. The lowest BCUT2D eigenvalue weighted by Gasteiger charge is -2.19. The first-order chi connectivity index (χ1) is 16.5. The molecule has 2 rings (SSSR count). The Morgan fingerprint density at radius 1 is 0.972 bits per heavy atom. The number of halogens is 11. The molecule has 2 atom stereocenters. The van der Waals surface area contributed by atoms with Gasteiger partial charge in [-0.05, 0) is 42.8 Å². The van der Waals surface area contributed by atoms with Crippen molar-refractivity contribution in [3.05, 3.63) is 73.2 Å². The summed E-state index contributed by atoms with van der Waals surface area (Å²) in [5, 5.41) is 3.61. The first kappa shape index (κ1) is 30.5. The van der Waals surface area contributed by atoms with Gasteiger partial charge in [-0.25, -0.2) is 4.39 Å². The molecule has 2 aromatic carbocycles. The number of benzene rings is 2. The Labute approximate surface area is 221 Å². The molecule has 0 fully saturated rings. The highest BCUT2D eigenvalue weighted by Crippen LogP contribution is 2.42. The van der Waals surface area contributed by atoms with Crippen molar-refractivity contribution in [2.45, 2.75) is 31.2 Å². The zero-order valence-electron chi connectivity index (χ0n) is 18.1. The maximum Gasteiger partial charge on any atom is 0.401 e. The molecule has 198 valence electrons. The molecule has 0 aliphatic rings. The molecule has 0 saturated carbocycles. The highest BCUT2D eigenvalue weighted by molar-refractivity contribution is 6.48. The van der Waals surface area contributed by atoms with Crippen molar-refractivity contribution >= 4 is 58.1 Å². The molecular formula is C22H17Cl4F7N2O. The summed E-state index contributed by atoms with van der Waals surface area (Å²) >= 11 is 23.4. The summed E-state index contributed by atoms with van der Waals surface area (Å²) in [6, 6.07) is 4.18. The number of amides is 1. The van der Waals surface area contributed by atoms with Crippen molar-refractivity contribution < 1.29 is 35.5 Å². The molecule has 0 aliphatic carbocycles. The normalized spacial score (nSPS) is 14.5. The van der Waals surface area contributed by atoms with E-state index >= 15 is 0 Å². The standard InChI is InChI=1S/C22H17Cl4F7N2O/c1-10(8-34-9-21(28,29)30)35-20(36)13-3-2-11(4-15(13)23)18(27)7-14(22(31,32)33)12-5-16(24)19(26)17(25)6-12/h2-7,10,14,34H,8-9H2,1H3,(H,35,36)/b18-7-/t10-,14?/m1/s1. The second-order valence-corrected chi connectivity index (χ2v) is 9.25. The Morgan fingerprint density at radius 2 is 1.56 bits per heavy atom. The van der Waals surface area contributed by atoms with Crippen LogP contribution in [-0.2, 0) is 0 Å². The van der Waals surface area contributed by atoms with Crippen LogP contribution in [0, 0.1) is 0 Å². The third kappa shape index (κ3) is 8.69. The van der Waals surface area contributed by atoms with E-state index in [-0.39, 0.29) is 37.8 Å². The third-order valence-corrected chi connectivity index (χ3v) is 6.18. The monoisotopic (exact) mass is 598 g/mol. The minimum absolute atomic E-state index is 0.153. The second kappa shape index (κ2) is 12.2. The molecule has 0 saturated heterocycles. The van der Waals surface area contributed by atoms with Crippen molar-refractivity contribution in [1.82, 2.24) is 10.6 Å². The van der Waals surface area contributed by atoms with Crippen molar-refractivity contribution in [2.75, 3.05) is 13.1 Å². The fourth-order valence-corrected chi connectivity index (χ4v) is 3.89. The number of alkyl halides is 6. The third-order valence-electron chi connectivity index (χ3n) is 4.67. The highest BCUT2D eigenvalue weighted by atomic mass is 35.5. The van der Waals surface area contributed by atoms with Gasteiger partial charge < -0.3 is 10.6 Å². The van der Waals surface area contributed by atoms with E-state index in [2.05, 4.69) is 10.6 Å². The van der Waals surface area contributed by atoms with Gasteiger partial charge >= 0.3 is 12.4 Å². The average molecular weight is 600 g/mol. The van der Waals surface area contributed by atoms with Crippen LogP contribution in [0.2, 0.25) is 20.1 Å². The van der Waals surface area contributed by atoms with E-state index in [0.717, 1.165) is 30.3 Å². The molecule has 36 heavy (non-hydrogen) atoms. The molecule has 1 unspecified atom stereocenters. The van der Waals surface area contributed by atoms with Crippen molar-refractivity contribution in [3.8, 4) is 0 Å². The number of carbonyl (C=O) groups excluding carboxylic acids is 1. The van der Waals surface area contributed by atoms with Crippen LogP contribution < -0.4 is 10.6 Å². The van der Waals surface area contributed by atoms with E-state index in [0.29, 0.717) is 6.08 Å². The van der Waals surface area contributed by atoms with Gasteiger partial charge in [0, 0.05) is 18.2 Å². The van der Waals surface area contributed by atoms with E-state index in [1.165, 1.54) is 6.92 Å². The molecule has 2 aromatic rings. The molecule has 0 spiro atoms. The van der Waals surface area contributed by atoms with E-state index in [1.54, 1.807) is 0 Å². The van der Waals surface area contributed by atoms with Gasteiger partial charge in [0.25, 0.3) is 5.91 Å². The summed E-state index contributed by atoms with van der Waals surface area (Å²) in [6.45, 7) is -0.00395. The second-order valence-electron chi connectivity index (χ2n) is 7.65. The highest BCUT2D eigenvalue weighted by Gasteiger charge is 2.40. The molecule has 3 nitrogen and oxygen atoms in total. The Morgan fingerprint density at radius 3 is 2.06 bits per heavy atom. The molecular weight excluding hydrogens is 583 g/mol. The maximum absolute atomic E-state index is 14.8. The first-order valence-electron chi connectivity index (χ1n) is 9.96. The molecule has 0 radical (unpaired) electrons. The summed E-state index contributed by atoms with van der Waals surface area (Å²) < 4.78 is 92.5. The number of rotatable bonds is 8. The van der Waals surface area contributed by atoms with Crippen LogP contribution in [0.25, 0.3) is 5.83 Å². The van der Waals surface area contributed by atoms with Crippen LogP contribution in [0.15, 0.2) is 36.4 Å². The number of hydrogen-bond acceptors (Lipinski definition) is 2. The number of allylic oxidation sites excluding steroid dienone is 1. The Bertz CT molecular complexity index is 1110. The molecule has 0 aliphatic heterocycles. The summed E-state index contributed by atoms with van der Waals surface area (Å²) in [5.41, 5.74) is -0.955. The van der Waals surface area contributed by atoms with E-state index in [4.69, 9.17) is 46.4 Å². The zero-order valence-corrected chi connectivity index (χ0v) is 21.1. The molecule has 0 heterocycles. The number of hydrogen-bond donors (Lipinski definition) is 2. The Balaban J connectivity index is 2.24. The fraction of sp³-hybridized carbons (Fsp3) is 0.318. The average Bonchev–Trinajstić information content (AvgIpc) is 2.73. The van der Waals surface area contributed by atoms with Crippen LogP contribution in [0.4, 0.5) is 30.7 Å². The van der Waals surface area contributed by atoms with Crippen molar-refractivity contribution in [3.63, 3.8) is 0 Å². The maximum atomic E-state index is 14.8. The zero-order chi connectivity index (χ0) is 27.4. The van der Waals surface area contributed by atoms with Gasteiger partial charge in [-0.15, -0.1) is 0 Å². The van der Waals surface area contributed by atoms with Gasteiger partial charge in [-0.1, -0.05) is 52.5 Å². The van der Waals surface area contributed by atoms with Gasteiger partial charge in [-0.3, -0.25) is 4.79 Å². The molecule has 2 N–H and O–H groups in total. The topological polar surface area (TPSA) is 41.1 Å². The first-order valence-corrected chi connectivity index (χ1v) is 11.5. The molecule has 0 bridgehead atoms. The minimum atomic E-state index is -4.92.